The molecule has 0 saturated heterocycles. The molecule has 0 saturated carbocycles. The fourth-order valence-corrected chi connectivity index (χ4v) is 1.75. The average molecular weight is 293 g/mol. The number of halogens is 3. The van der Waals surface area contributed by atoms with E-state index in [4.69, 9.17) is 15.3 Å². The highest BCUT2D eigenvalue weighted by molar-refractivity contribution is 5.94. The van der Waals surface area contributed by atoms with Gasteiger partial charge in [0.15, 0.2) is 0 Å². The molecule has 0 unspecified atom stereocenters. The molecule has 5 nitrogen and oxygen atoms in total. The van der Waals surface area contributed by atoms with Crippen LogP contribution in [-0.4, -0.2) is 47.6 Å². The first-order chi connectivity index (χ1) is 9.31. The predicted molar refractivity (Wildman–Crippen MR) is 64.8 cm³/mol. The van der Waals surface area contributed by atoms with Crippen LogP contribution in [0.25, 0.3) is 0 Å². The Labute approximate surface area is 112 Å². The standard InChI is InChI=1S/C12H14F3NO4/c13-12(14,15)8-1-2-10(9(7-8)11(19)20)16(3-5-17)4-6-18/h1-2,7,17-18H,3-6H2,(H,19,20). The summed E-state index contributed by atoms with van der Waals surface area (Å²) in [6.45, 7) is -0.626. The number of carboxylic acid groups (broad SMARTS) is 1. The molecule has 0 amide bonds. The highest BCUT2D eigenvalue weighted by Gasteiger charge is 2.32. The molecular weight excluding hydrogens is 279 g/mol. The van der Waals surface area contributed by atoms with Crippen LogP contribution < -0.4 is 4.90 Å². The second-order valence-electron chi connectivity index (χ2n) is 3.97. The fourth-order valence-electron chi connectivity index (χ4n) is 1.75. The van der Waals surface area contributed by atoms with Gasteiger partial charge in [-0.25, -0.2) is 4.79 Å². The summed E-state index contributed by atoms with van der Waals surface area (Å²) >= 11 is 0. The van der Waals surface area contributed by atoms with Gasteiger partial charge in [0.25, 0.3) is 0 Å². The first-order valence-corrected chi connectivity index (χ1v) is 5.72. The maximum Gasteiger partial charge on any atom is 0.416 e. The van der Waals surface area contributed by atoms with E-state index in [9.17, 15) is 18.0 Å². The van der Waals surface area contributed by atoms with Gasteiger partial charge in [-0.15, -0.1) is 0 Å². The van der Waals surface area contributed by atoms with Crippen molar-refractivity contribution < 1.29 is 33.3 Å². The number of anilines is 1. The van der Waals surface area contributed by atoms with Crippen molar-refractivity contribution in [3.63, 3.8) is 0 Å². The first kappa shape index (κ1) is 16.3. The third kappa shape index (κ3) is 3.84. The zero-order valence-corrected chi connectivity index (χ0v) is 10.4. The molecule has 3 N–H and O–H groups in total. The number of aliphatic hydroxyl groups excluding tert-OH is 2. The van der Waals surface area contributed by atoms with E-state index in [0.717, 1.165) is 12.1 Å². The molecular formula is C12H14F3NO4. The third-order valence-electron chi connectivity index (χ3n) is 2.63. The molecule has 0 bridgehead atoms. The minimum Gasteiger partial charge on any atom is -0.478 e. The largest absolute Gasteiger partial charge is 0.478 e. The van der Waals surface area contributed by atoms with Crippen LogP contribution in [0.2, 0.25) is 0 Å². The number of benzene rings is 1. The lowest BCUT2D eigenvalue weighted by Gasteiger charge is -2.25. The van der Waals surface area contributed by atoms with Crippen molar-refractivity contribution in [3.8, 4) is 0 Å². The summed E-state index contributed by atoms with van der Waals surface area (Å²) in [6, 6.07) is 2.33. The van der Waals surface area contributed by atoms with E-state index in [0.29, 0.717) is 6.07 Å². The normalized spacial score (nSPS) is 11.4. The van der Waals surface area contributed by atoms with Gasteiger partial charge >= 0.3 is 12.1 Å². The van der Waals surface area contributed by atoms with Gasteiger partial charge in [-0.2, -0.15) is 13.2 Å². The summed E-state index contributed by atoms with van der Waals surface area (Å²) in [6.07, 6.45) is -4.64. The Kier molecular flexibility index (Phi) is 5.34. The summed E-state index contributed by atoms with van der Waals surface area (Å²) in [5.41, 5.74) is -1.57. The van der Waals surface area contributed by atoms with E-state index in [-0.39, 0.29) is 32.0 Å². The van der Waals surface area contributed by atoms with Crippen molar-refractivity contribution in [3.05, 3.63) is 29.3 Å². The Morgan fingerprint density at radius 2 is 1.70 bits per heavy atom. The maximum atomic E-state index is 12.6. The van der Waals surface area contributed by atoms with Crippen LogP contribution in [0.5, 0.6) is 0 Å². The fraction of sp³-hybridized carbons (Fsp3) is 0.417. The van der Waals surface area contributed by atoms with E-state index in [1.165, 1.54) is 4.90 Å². The smallest absolute Gasteiger partial charge is 0.416 e. The minimum atomic E-state index is -4.64. The number of alkyl halides is 3. The Hall–Kier alpha value is -1.80. The molecule has 1 aromatic rings. The van der Waals surface area contributed by atoms with Crippen LogP contribution in [0.3, 0.4) is 0 Å². The van der Waals surface area contributed by atoms with Crippen molar-refractivity contribution in [1.82, 2.24) is 0 Å². The van der Waals surface area contributed by atoms with E-state index in [2.05, 4.69) is 0 Å². The van der Waals surface area contributed by atoms with Gasteiger partial charge < -0.3 is 20.2 Å². The van der Waals surface area contributed by atoms with Gasteiger partial charge in [-0.3, -0.25) is 0 Å². The number of nitrogens with zero attached hydrogens (tertiary/aromatic N) is 1. The second kappa shape index (κ2) is 6.58. The van der Waals surface area contributed by atoms with Gasteiger partial charge in [0.05, 0.1) is 30.0 Å². The summed E-state index contributed by atoms with van der Waals surface area (Å²) in [7, 11) is 0. The highest BCUT2D eigenvalue weighted by atomic mass is 19.4. The minimum absolute atomic E-state index is 0.00616. The van der Waals surface area contributed by atoms with Gasteiger partial charge in [-0.05, 0) is 18.2 Å². The molecule has 1 aromatic carbocycles. The number of aliphatic hydroxyl groups is 2. The molecule has 1 rings (SSSR count). The van der Waals surface area contributed by atoms with E-state index in [1.807, 2.05) is 0 Å². The maximum absolute atomic E-state index is 12.6. The van der Waals surface area contributed by atoms with Crippen LogP contribution in [0.1, 0.15) is 15.9 Å². The molecule has 0 aliphatic carbocycles. The van der Waals surface area contributed by atoms with Crippen molar-refractivity contribution in [2.24, 2.45) is 0 Å². The topological polar surface area (TPSA) is 81.0 Å². The Morgan fingerprint density at radius 1 is 1.15 bits per heavy atom. The summed E-state index contributed by atoms with van der Waals surface area (Å²) in [5, 5.41) is 26.8. The predicted octanol–water partition coefficient (Wildman–Crippen LogP) is 1.19. The third-order valence-corrected chi connectivity index (χ3v) is 2.63. The molecule has 112 valence electrons. The zero-order chi connectivity index (χ0) is 15.3. The number of hydrogen-bond donors (Lipinski definition) is 3. The lowest BCUT2D eigenvalue weighted by Crippen LogP contribution is -2.31. The number of carboxylic acids is 1. The summed E-state index contributed by atoms with van der Waals surface area (Å²) in [5.74, 6) is -1.51. The number of aromatic carboxylic acids is 1. The lowest BCUT2D eigenvalue weighted by atomic mass is 10.1. The Morgan fingerprint density at radius 3 is 2.10 bits per heavy atom. The van der Waals surface area contributed by atoms with Crippen LogP contribution in [0.15, 0.2) is 18.2 Å². The van der Waals surface area contributed by atoms with Crippen LogP contribution >= 0.6 is 0 Å². The number of carbonyl (C=O) groups is 1. The quantitative estimate of drug-likeness (QED) is 0.734. The van der Waals surface area contributed by atoms with Gasteiger partial charge in [0.2, 0.25) is 0 Å². The van der Waals surface area contributed by atoms with Crippen LogP contribution in [0.4, 0.5) is 18.9 Å². The zero-order valence-electron chi connectivity index (χ0n) is 10.4. The lowest BCUT2D eigenvalue weighted by molar-refractivity contribution is -0.137. The van der Waals surface area contributed by atoms with Crippen LogP contribution in [-0.2, 0) is 6.18 Å². The van der Waals surface area contributed by atoms with Crippen LogP contribution in [0, 0.1) is 0 Å². The molecule has 0 spiro atoms. The van der Waals surface area contributed by atoms with Crippen molar-refractivity contribution in [2.75, 3.05) is 31.2 Å². The van der Waals surface area contributed by atoms with E-state index in [1.54, 1.807) is 0 Å². The Bertz CT molecular complexity index is 470. The molecule has 20 heavy (non-hydrogen) atoms. The number of rotatable bonds is 6. The van der Waals surface area contributed by atoms with Gasteiger partial charge in [-0.1, -0.05) is 0 Å². The molecule has 0 aliphatic heterocycles. The second-order valence-corrected chi connectivity index (χ2v) is 3.97. The highest BCUT2D eigenvalue weighted by Crippen LogP contribution is 2.32. The molecule has 0 radical (unpaired) electrons. The van der Waals surface area contributed by atoms with Gasteiger partial charge in [0, 0.05) is 13.1 Å². The molecule has 0 heterocycles. The van der Waals surface area contributed by atoms with E-state index < -0.39 is 23.3 Å². The SMILES string of the molecule is O=C(O)c1cc(C(F)(F)F)ccc1N(CCO)CCO. The van der Waals surface area contributed by atoms with E-state index >= 15 is 0 Å². The van der Waals surface area contributed by atoms with Crippen molar-refractivity contribution in [2.45, 2.75) is 6.18 Å². The molecule has 0 aliphatic rings. The summed E-state index contributed by atoms with van der Waals surface area (Å²) < 4.78 is 37.7. The molecule has 0 atom stereocenters. The molecule has 0 fully saturated rings. The summed E-state index contributed by atoms with van der Waals surface area (Å²) in [4.78, 5) is 12.4. The molecule has 0 aromatic heterocycles. The number of hydrogen-bond acceptors (Lipinski definition) is 4. The first-order valence-electron chi connectivity index (χ1n) is 5.72. The van der Waals surface area contributed by atoms with Crippen molar-refractivity contribution in [1.29, 1.82) is 0 Å². The monoisotopic (exact) mass is 293 g/mol. The average Bonchev–Trinajstić information content (AvgIpc) is 2.36. The van der Waals surface area contributed by atoms with Crippen molar-refractivity contribution >= 4 is 11.7 Å². The Balaban J connectivity index is 3.28. The molecule has 8 heteroatoms. The van der Waals surface area contributed by atoms with Gasteiger partial charge in [0.1, 0.15) is 0 Å².